The first-order valence-corrected chi connectivity index (χ1v) is 12.4. The Hall–Kier alpha value is -1.59. The Morgan fingerprint density at radius 1 is 0.903 bits per heavy atom. The second-order valence-electron chi connectivity index (χ2n) is 11.4. The highest BCUT2D eigenvalue weighted by molar-refractivity contribution is 5.90. The summed E-state index contributed by atoms with van der Waals surface area (Å²) < 4.78 is 5.65. The fraction of sp³-hybridized carbons (Fsp3) is 0.880. The van der Waals surface area contributed by atoms with Gasteiger partial charge in [-0.1, -0.05) is 0 Å². The van der Waals surface area contributed by atoms with E-state index >= 15 is 0 Å². The van der Waals surface area contributed by atoms with Gasteiger partial charge in [-0.25, -0.2) is 4.79 Å². The number of ether oxygens (including phenoxy) is 1. The first kappa shape index (κ1) is 22.6. The minimum Gasteiger partial charge on any atom is -0.451 e. The highest BCUT2D eigenvalue weighted by atomic mass is 16.5. The summed E-state index contributed by atoms with van der Waals surface area (Å²) in [7, 11) is 0. The van der Waals surface area contributed by atoms with Gasteiger partial charge in [0, 0.05) is 18.6 Å². The molecule has 31 heavy (non-hydrogen) atoms. The van der Waals surface area contributed by atoms with E-state index in [1.54, 1.807) is 11.8 Å². The van der Waals surface area contributed by atoms with Crippen LogP contribution in [0.2, 0.25) is 0 Å². The van der Waals surface area contributed by atoms with E-state index in [1.165, 1.54) is 19.3 Å². The number of likely N-dealkylation sites (tertiary alicyclic amines) is 1. The molecular formula is C25H40N2O4. The van der Waals surface area contributed by atoms with Crippen molar-refractivity contribution in [2.45, 2.75) is 110 Å². The molecule has 2 unspecified atom stereocenters. The SMILES string of the molecule is CC(OC(=O)C1CCCN1C(=O)C12CC3CC(CC(C3)C1)C2)C(=O)N(C(C)C)C(C)C. The van der Waals surface area contributed by atoms with Gasteiger partial charge in [-0.2, -0.15) is 0 Å². The first-order chi connectivity index (χ1) is 14.6. The number of rotatable bonds is 6. The van der Waals surface area contributed by atoms with Crippen LogP contribution in [0, 0.1) is 23.2 Å². The zero-order valence-electron chi connectivity index (χ0n) is 19.9. The third-order valence-corrected chi connectivity index (χ3v) is 8.29. The number of esters is 1. The van der Waals surface area contributed by atoms with E-state index in [1.807, 2.05) is 32.6 Å². The summed E-state index contributed by atoms with van der Waals surface area (Å²) in [5, 5.41) is 0. The fourth-order valence-corrected chi connectivity index (χ4v) is 7.55. The maximum absolute atomic E-state index is 13.8. The maximum atomic E-state index is 13.8. The van der Waals surface area contributed by atoms with Crippen LogP contribution in [0.25, 0.3) is 0 Å². The van der Waals surface area contributed by atoms with Crippen molar-refractivity contribution in [3.63, 3.8) is 0 Å². The lowest BCUT2D eigenvalue weighted by Gasteiger charge is -2.56. The van der Waals surface area contributed by atoms with Crippen molar-refractivity contribution in [2.75, 3.05) is 6.54 Å². The Bertz CT molecular complexity index is 688. The molecule has 0 aromatic rings. The van der Waals surface area contributed by atoms with E-state index in [9.17, 15) is 14.4 Å². The van der Waals surface area contributed by atoms with Crippen molar-refractivity contribution < 1.29 is 19.1 Å². The van der Waals surface area contributed by atoms with Crippen molar-refractivity contribution in [1.29, 1.82) is 0 Å². The van der Waals surface area contributed by atoms with Crippen LogP contribution >= 0.6 is 0 Å². The number of hydrogen-bond donors (Lipinski definition) is 0. The molecule has 4 bridgehead atoms. The Morgan fingerprint density at radius 2 is 1.42 bits per heavy atom. The van der Waals surface area contributed by atoms with E-state index < -0.39 is 18.1 Å². The molecule has 2 amide bonds. The number of amides is 2. The van der Waals surface area contributed by atoms with Crippen molar-refractivity contribution in [3.05, 3.63) is 0 Å². The molecule has 0 aromatic heterocycles. The van der Waals surface area contributed by atoms with Crippen molar-refractivity contribution in [1.82, 2.24) is 9.80 Å². The largest absolute Gasteiger partial charge is 0.451 e. The quantitative estimate of drug-likeness (QED) is 0.599. The number of nitrogens with zero attached hydrogens (tertiary/aromatic N) is 2. The van der Waals surface area contributed by atoms with Gasteiger partial charge in [-0.05, 0) is 104 Å². The number of hydrogen-bond acceptors (Lipinski definition) is 4. The van der Waals surface area contributed by atoms with Gasteiger partial charge in [0.2, 0.25) is 5.91 Å². The van der Waals surface area contributed by atoms with Crippen LogP contribution in [0.3, 0.4) is 0 Å². The molecule has 0 aromatic carbocycles. The molecule has 6 heteroatoms. The third kappa shape index (κ3) is 4.11. The molecule has 1 aliphatic heterocycles. The second-order valence-corrected chi connectivity index (χ2v) is 11.4. The summed E-state index contributed by atoms with van der Waals surface area (Å²) in [6, 6.07) is -0.467. The number of carbonyl (C=O) groups is 3. The molecule has 6 nitrogen and oxygen atoms in total. The molecule has 1 saturated heterocycles. The van der Waals surface area contributed by atoms with Crippen LogP contribution in [0.4, 0.5) is 0 Å². The van der Waals surface area contributed by atoms with Crippen LogP contribution in [0.15, 0.2) is 0 Å². The molecule has 4 aliphatic carbocycles. The van der Waals surface area contributed by atoms with Gasteiger partial charge in [0.15, 0.2) is 6.10 Å². The van der Waals surface area contributed by atoms with Gasteiger partial charge in [0.1, 0.15) is 6.04 Å². The van der Waals surface area contributed by atoms with Gasteiger partial charge in [-0.15, -0.1) is 0 Å². The molecule has 0 spiro atoms. The van der Waals surface area contributed by atoms with Gasteiger partial charge in [0.05, 0.1) is 5.41 Å². The summed E-state index contributed by atoms with van der Waals surface area (Å²) in [6.07, 6.45) is 7.50. The van der Waals surface area contributed by atoms with E-state index in [4.69, 9.17) is 4.74 Å². The smallest absolute Gasteiger partial charge is 0.329 e. The Kier molecular flexibility index (Phi) is 6.12. The molecule has 0 N–H and O–H groups in total. The standard InChI is InChI=1S/C25H40N2O4/c1-15(2)27(16(3)4)22(28)17(5)31-23(29)21-7-6-8-26(21)24(30)25-12-18-9-19(13-25)11-20(10-18)14-25/h15-21H,6-14H2,1-5H3. The average Bonchev–Trinajstić information content (AvgIpc) is 3.15. The molecule has 174 valence electrons. The highest BCUT2D eigenvalue weighted by Crippen LogP contribution is 2.60. The van der Waals surface area contributed by atoms with Gasteiger partial charge < -0.3 is 14.5 Å². The molecule has 1 heterocycles. The highest BCUT2D eigenvalue weighted by Gasteiger charge is 2.57. The van der Waals surface area contributed by atoms with Crippen LogP contribution in [-0.4, -0.2) is 58.4 Å². The first-order valence-electron chi connectivity index (χ1n) is 12.4. The molecule has 2 atom stereocenters. The van der Waals surface area contributed by atoms with Crippen LogP contribution in [0.5, 0.6) is 0 Å². The summed E-state index contributed by atoms with van der Waals surface area (Å²) in [4.78, 5) is 43.3. The summed E-state index contributed by atoms with van der Waals surface area (Å²) in [5.41, 5.74) is -0.245. The minimum absolute atomic E-state index is 0.0364. The van der Waals surface area contributed by atoms with E-state index in [-0.39, 0.29) is 29.3 Å². The van der Waals surface area contributed by atoms with Crippen molar-refractivity contribution in [2.24, 2.45) is 23.2 Å². The van der Waals surface area contributed by atoms with Gasteiger partial charge >= 0.3 is 5.97 Å². The van der Waals surface area contributed by atoms with E-state index in [2.05, 4.69) is 0 Å². The van der Waals surface area contributed by atoms with E-state index in [0.717, 1.165) is 25.7 Å². The maximum Gasteiger partial charge on any atom is 0.329 e. The van der Waals surface area contributed by atoms with E-state index in [0.29, 0.717) is 30.7 Å². The molecule has 0 radical (unpaired) electrons. The van der Waals surface area contributed by atoms with Gasteiger partial charge in [-0.3, -0.25) is 9.59 Å². The second kappa shape index (κ2) is 8.40. The zero-order valence-corrected chi connectivity index (χ0v) is 19.9. The zero-order chi connectivity index (χ0) is 22.5. The monoisotopic (exact) mass is 432 g/mol. The average molecular weight is 433 g/mol. The molecule has 4 saturated carbocycles. The van der Waals surface area contributed by atoms with Crippen LogP contribution < -0.4 is 0 Å². The minimum atomic E-state index is -0.839. The van der Waals surface area contributed by atoms with Gasteiger partial charge in [0.25, 0.3) is 5.91 Å². The number of carbonyl (C=O) groups excluding carboxylic acids is 3. The molecule has 5 aliphatic rings. The normalized spacial score (nSPS) is 35.0. The lowest BCUT2D eigenvalue weighted by Crippen LogP contribution is -2.56. The summed E-state index contributed by atoms with van der Waals surface area (Å²) >= 11 is 0. The Labute approximate surface area is 187 Å². The molecule has 5 rings (SSSR count). The predicted octanol–water partition coefficient (Wildman–Crippen LogP) is 3.77. The van der Waals surface area contributed by atoms with Crippen LogP contribution in [0.1, 0.15) is 86.0 Å². The van der Waals surface area contributed by atoms with Crippen molar-refractivity contribution >= 4 is 17.8 Å². The predicted molar refractivity (Wildman–Crippen MR) is 118 cm³/mol. The Balaban J connectivity index is 1.43. The Morgan fingerprint density at radius 3 is 1.90 bits per heavy atom. The summed E-state index contributed by atoms with van der Waals surface area (Å²) in [5.74, 6) is 1.69. The third-order valence-electron chi connectivity index (χ3n) is 8.29. The molecule has 5 fully saturated rings. The van der Waals surface area contributed by atoms with Crippen LogP contribution in [-0.2, 0) is 19.1 Å². The van der Waals surface area contributed by atoms with Crippen molar-refractivity contribution in [3.8, 4) is 0 Å². The molecular weight excluding hydrogens is 392 g/mol. The topological polar surface area (TPSA) is 66.9 Å². The fourth-order valence-electron chi connectivity index (χ4n) is 7.55. The lowest BCUT2D eigenvalue weighted by molar-refractivity contribution is -0.170. The lowest BCUT2D eigenvalue weighted by atomic mass is 9.49. The summed E-state index contributed by atoms with van der Waals surface area (Å²) in [6.45, 7) is 10.2.